The van der Waals surface area contributed by atoms with Gasteiger partial charge in [0.15, 0.2) is 11.5 Å². The summed E-state index contributed by atoms with van der Waals surface area (Å²) in [5.41, 5.74) is 1.66. The van der Waals surface area contributed by atoms with Gasteiger partial charge in [-0.1, -0.05) is 24.3 Å². The Morgan fingerprint density at radius 1 is 1.16 bits per heavy atom. The molecule has 1 saturated heterocycles. The van der Waals surface area contributed by atoms with Crippen LogP contribution in [-0.4, -0.2) is 43.5 Å². The van der Waals surface area contributed by atoms with Crippen LogP contribution >= 0.6 is 0 Å². The minimum absolute atomic E-state index is 0.00448. The van der Waals surface area contributed by atoms with Gasteiger partial charge in [-0.2, -0.15) is 8.78 Å². The van der Waals surface area contributed by atoms with Crippen molar-refractivity contribution in [3.05, 3.63) is 65.2 Å². The van der Waals surface area contributed by atoms with Crippen LogP contribution in [0.1, 0.15) is 34.3 Å². The lowest BCUT2D eigenvalue weighted by Crippen LogP contribution is -2.27. The van der Waals surface area contributed by atoms with Gasteiger partial charge in [-0.3, -0.25) is 9.59 Å². The number of rotatable bonds is 8. The molecule has 1 aliphatic heterocycles. The van der Waals surface area contributed by atoms with Crippen LogP contribution in [0.25, 0.3) is 6.08 Å². The second-order valence-electron chi connectivity index (χ2n) is 7.01. The van der Waals surface area contributed by atoms with Gasteiger partial charge in [-0.15, -0.1) is 0 Å². The third kappa shape index (κ3) is 6.04. The first-order valence-corrected chi connectivity index (χ1v) is 9.94. The molecule has 0 unspecified atom stereocenters. The van der Waals surface area contributed by atoms with Crippen molar-refractivity contribution in [2.75, 3.05) is 20.2 Å². The van der Waals surface area contributed by atoms with Gasteiger partial charge in [0.05, 0.1) is 7.11 Å². The number of carbonyl (C=O) groups is 2. The summed E-state index contributed by atoms with van der Waals surface area (Å²) < 4.78 is 35.0. The first kappa shape index (κ1) is 22.3. The topological polar surface area (TPSA) is 67.9 Å². The van der Waals surface area contributed by atoms with Crippen molar-refractivity contribution in [3.63, 3.8) is 0 Å². The molecule has 1 aliphatic rings. The standard InChI is InChI=1S/C23H24F2N2O4/c1-30-19-9-5-7-17(21(19)31-23(24)25)10-11-20(28)26-15-16-6-4-8-18(14-16)22(29)27-12-2-3-13-27/h4-11,14,23H,2-3,12-13,15H2,1H3,(H,26,28). The van der Waals surface area contributed by atoms with E-state index in [2.05, 4.69) is 10.1 Å². The van der Waals surface area contributed by atoms with E-state index in [0.29, 0.717) is 5.56 Å². The number of para-hydroxylation sites is 1. The van der Waals surface area contributed by atoms with E-state index >= 15 is 0 Å². The van der Waals surface area contributed by atoms with E-state index in [4.69, 9.17) is 4.74 Å². The molecule has 2 aromatic carbocycles. The lowest BCUT2D eigenvalue weighted by Gasteiger charge is -2.15. The molecule has 31 heavy (non-hydrogen) atoms. The Hall–Kier alpha value is -3.42. The number of carbonyl (C=O) groups excluding carboxylic acids is 2. The molecule has 0 radical (unpaired) electrons. The Balaban J connectivity index is 1.62. The molecule has 0 spiro atoms. The highest BCUT2D eigenvalue weighted by Crippen LogP contribution is 2.33. The molecule has 0 atom stereocenters. The number of methoxy groups -OCH3 is 1. The van der Waals surface area contributed by atoms with Gasteiger partial charge in [0.1, 0.15) is 0 Å². The minimum Gasteiger partial charge on any atom is -0.493 e. The van der Waals surface area contributed by atoms with E-state index in [9.17, 15) is 18.4 Å². The van der Waals surface area contributed by atoms with Crippen LogP contribution in [0.15, 0.2) is 48.5 Å². The molecule has 8 heteroatoms. The molecule has 0 bridgehead atoms. The number of nitrogens with zero attached hydrogens (tertiary/aromatic N) is 1. The zero-order chi connectivity index (χ0) is 22.2. The number of benzene rings is 2. The fraction of sp³-hybridized carbons (Fsp3) is 0.304. The summed E-state index contributed by atoms with van der Waals surface area (Å²) >= 11 is 0. The molecule has 2 amide bonds. The van der Waals surface area contributed by atoms with E-state index in [0.717, 1.165) is 31.5 Å². The van der Waals surface area contributed by atoms with Crippen molar-refractivity contribution < 1.29 is 27.8 Å². The molecular formula is C23H24F2N2O4. The molecule has 3 rings (SSSR count). The molecule has 164 valence electrons. The van der Waals surface area contributed by atoms with E-state index in [1.54, 1.807) is 24.3 Å². The van der Waals surface area contributed by atoms with Crippen molar-refractivity contribution in [2.45, 2.75) is 26.0 Å². The SMILES string of the molecule is COc1cccc(C=CC(=O)NCc2cccc(C(=O)N3CCCC3)c2)c1OC(F)F. The van der Waals surface area contributed by atoms with E-state index in [1.807, 2.05) is 11.0 Å². The van der Waals surface area contributed by atoms with Crippen LogP contribution in [0.3, 0.4) is 0 Å². The zero-order valence-corrected chi connectivity index (χ0v) is 17.1. The lowest BCUT2D eigenvalue weighted by atomic mass is 10.1. The van der Waals surface area contributed by atoms with Gasteiger partial charge in [-0.25, -0.2) is 0 Å². The van der Waals surface area contributed by atoms with Crippen molar-refractivity contribution >= 4 is 17.9 Å². The largest absolute Gasteiger partial charge is 0.493 e. The second kappa shape index (κ2) is 10.6. The third-order valence-corrected chi connectivity index (χ3v) is 4.88. The van der Waals surface area contributed by atoms with E-state index in [-0.39, 0.29) is 29.5 Å². The van der Waals surface area contributed by atoms with Gasteiger partial charge in [0, 0.05) is 36.8 Å². The summed E-state index contributed by atoms with van der Waals surface area (Å²) in [5.74, 6) is -0.420. The number of halogens is 2. The first-order valence-electron chi connectivity index (χ1n) is 9.94. The molecule has 2 aromatic rings. The highest BCUT2D eigenvalue weighted by molar-refractivity contribution is 5.95. The lowest BCUT2D eigenvalue weighted by molar-refractivity contribution is -0.116. The number of likely N-dealkylation sites (tertiary alicyclic amines) is 1. The molecule has 0 aliphatic carbocycles. The smallest absolute Gasteiger partial charge is 0.387 e. The van der Waals surface area contributed by atoms with Crippen LogP contribution in [0, 0.1) is 0 Å². The molecular weight excluding hydrogens is 406 g/mol. The number of nitrogens with one attached hydrogen (secondary N) is 1. The quantitative estimate of drug-likeness (QED) is 0.646. The molecule has 1 fully saturated rings. The van der Waals surface area contributed by atoms with Gasteiger partial charge < -0.3 is 19.7 Å². The fourth-order valence-corrected chi connectivity index (χ4v) is 3.37. The second-order valence-corrected chi connectivity index (χ2v) is 7.01. The van der Waals surface area contributed by atoms with Crippen molar-refractivity contribution in [3.8, 4) is 11.5 Å². The zero-order valence-electron chi connectivity index (χ0n) is 17.1. The van der Waals surface area contributed by atoms with E-state index < -0.39 is 12.5 Å². The highest BCUT2D eigenvalue weighted by atomic mass is 19.3. The van der Waals surface area contributed by atoms with E-state index in [1.165, 1.54) is 31.4 Å². The average molecular weight is 430 g/mol. The van der Waals surface area contributed by atoms with Crippen LogP contribution in [0.2, 0.25) is 0 Å². The number of ether oxygens (including phenoxy) is 2. The summed E-state index contributed by atoms with van der Waals surface area (Å²) in [6.45, 7) is -1.26. The Bertz CT molecular complexity index is 956. The summed E-state index contributed by atoms with van der Waals surface area (Å²) in [4.78, 5) is 26.5. The maximum absolute atomic E-state index is 12.7. The Labute approximate surface area is 179 Å². The van der Waals surface area contributed by atoms with Gasteiger partial charge in [0.2, 0.25) is 5.91 Å². The highest BCUT2D eigenvalue weighted by Gasteiger charge is 2.19. The number of hydrogen-bond donors (Lipinski definition) is 1. The van der Waals surface area contributed by atoms with Gasteiger partial charge >= 0.3 is 6.61 Å². The van der Waals surface area contributed by atoms with Crippen LogP contribution < -0.4 is 14.8 Å². The average Bonchev–Trinajstić information content (AvgIpc) is 3.31. The maximum Gasteiger partial charge on any atom is 0.387 e. The molecule has 1 heterocycles. The van der Waals surface area contributed by atoms with Crippen molar-refractivity contribution in [2.24, 2.45) is 0 Å². The fourth-order valence-electron chi connectivity index (χ4n) is 3.37. The number of hydrogen-bond acceptors (Lipinski definition) is 4. The monoisotopic (exact) mass is 430 g/mol. The van der Waals surface area contributed by atoms with Crippen molar-refractivity contribution in [1.29, 1.82) is 0 Å². The molecule has 1 N–H and O–H groups in total. The van der Waals surface area contributed by atoms with Crippen LogP contribution in [-0.2, 0) is 11.3 Å². The normalized spacial score (nSPS) is 13.6. The summed E-state index contributed by atoms with van der Waals surface area (Å²) in [6, 6.07) is 11.8. The number of alkyl halides is 2. The van der Waals surface area contributed by atoms with Crippen LogP contribution in [0.5, 0.6) is 11.5 Å². The number of amides is 2. The predicted molar refractivity (Wildman–Crippen MR) is 112 cm³/mol. The molecule has 0 aromatic heterocycles. The van der Waals surface area contributed by atoms with Crippen LogP contribution in [0.4, 0.5) is 8.78 Å². The summed E-state index contributed by atoms with van der Waals surface area (Å²) in [6.07, 6.45) is 4.64. The maximum atomic E-state index is 12.7. The first-order chi connectivity index (χ1) is 15.0. The third-order valence-electron chi connectivity index (χ3n) is 4.88. The Kier molecular flexibility index (Phi) is 7.59. The van der Waals surface area contributed by atoms with Gasteiger partial charge in [0.25, 0.3) is 5.91 Å². The molecule has 6 nitrogen and oxygen atoms in total. The Morgan fingerprint density at radius 3 is 2.61 bits per heavy atom. The summed E-state index contributed by atoms with van der Waals surface area (Å²) in [5, 5.41) is 2.72. The predicted octanol–water partition coefficient (Wildman–Crippen LogP) is 3.86. The molecule has 0 saturated carbocycles. The summed E-state index contributed by atoms with van der Waals surface area (Å²) in [7, 11) is 1.34. The van der Waals surface area contributed by atoms with Gasteiger partial charge in [-0.05, 0) is 42.7 Å². The minimum atomic E-state index is -3.02. The van der Waals surface area contributed by atoms with Crippen molar-refractivity contribution in [1.82, 2.24) is 10.2 Å². The Morgan fingerprint density at radius 2 is 1.90 bits per heavy atom.